The van der Waals surface area contributed by atoms with Crippen LogP contribution in [0.3, 0.4) is 0 Å². The Bertz CT molecular complexity index is 428. The number of rotatable bonds is 10. The first-order chi connectivity index (χ1) is 9.70. The van der Waals surface area contributed by atoms with Gasteiger partial charge in [0.2, 0.25) is 5.82 Å². The van der Waals surface area contributed by atoms with Gasteiger partial charge < -0.3 is 14.8 Å². The van der Waals surface area contributed by atoms with Crippen molar-refractivity contribution in [2.24, 2.45) is 0 Å². The van der Waals surface area contributed by atoms with Crippen molar-refractivity contribution in [3.05, 3.63) is 16.4 Å². The van der Waals surface area contributed by atoms with Gasteiger partial charge >= 0.3 is 5.69 Å². The van der Waals surface area contributed by atoms with E-state index in [-0.39, 0.29) is 24.0 Å². The fraction of sp³-hybridized carbons (Fsp3) is 0.667. The molecule has 1 N–H and O–H groups in total. The molecule has 0 radical (unpaired) electrons. The van der Waals surface area contributed by atoms with Gasteiger partial charge in [0.1, 0.15) is 12.9 Å². The molecule has 0 amide bonds. The summed E-state index contributed by atoms with van der Waals surface area (Å²) in [6.45, 7) is 5.78. The van der Waals surface area contributed by atoms with E-state index < -0.39 is 4.92 Å². The minimum atomic E-state index is -0.541. The number of anilines is 1. The predicted octanol–water partition coefficient (Wildman–Crippen LogP) is 2.01. The molecule has 1 heterocycles. The number of hydrogen-bond donors (Lipinski definition) is 1. The van der Waals surface area contributed by atoms with Gasteiger partial charge in [-0.25, -0.2) is 4.98 Å². The minimum absolute atomic E-state index is 0.0382. The number of hydrogen-bond acceptors (Lipinski definition) is 7. The molecule has 0 aliphatic rings. The fourth-order valence-corrected chi connectivity index (χ4v) is 1.45. The number of nitrogens with one attached hydrogen (secondary N) is 1. The van der Waals surface area contributed by atoms with Gasteiger partial charge in [-0.1, -0.05) is 13.8 Å². The minimum Gasteiger partial charge on any atom is -0.470 e. The summed E-state index contributed by atoms with van der Waals surface area (Å²) >= 11 is 0. The molecule has 0 atom stereocenters. The number of ether oxygens (including phenoxy) is 2. The maximum atomic E-state index is 11.1. The highest BCUT2D eigenvalue weighted by Gasteiger charge is 2.24. The Labute approximate surface area is 117 Å². The Kier molecular flexibility index (Phi) is 7.26. The third-order valence-corrected chi connectivity index (χ3v) is 2.33. The van der Waals surface area contributed by atoms with E-state index in [1.54, 1.807) is 0 Å². The highest BCUT2D eigenvalue weighted by Crippen LogP contribution is 2.30. The quantitative estimate of drug-likeness (QED) is 0.398. The topological polar surface area (TPSA) is 99.4 Å². The number of nitro groups is 1. The normalized spacial score (nSPS) is 10.3. The van der Waals surface area contributed by atoms with E-state index in [9.17, 15) is 10.1 Å². The standard InChI is InChI=1S/C12H20N4O4/c1-3-5-13-11-10(16(17)18)12(15-9-14-11)20-8-7-19-6-4-2/h9H,3-8H2,1-2H3,(H,13,14,15). The second-order valence-corrected chi connectivity index (χ2v) is 4.02. The molecule has 0 spiro atoms. The second-order valence-electron chi connectivity index (χ2n) is 4.02. The Morgan fingerprint density at radius 2 is 2.05 bits per heavy atom. The lowest BCUT2D eigenvalue weighted by atomic mass is 10.4. The monoisotopic (exact) mass is 284 g/mol. The molecule has 0 fully saturated rings. The summed E-state index contributed by atoms with van der Waals surface area (Å²) < 4.78 is 10.6. The zero-order valence-electron chi connectivity index (χ0n) is 11.8. The number of aromatic nitrogens is 2. The maximum absolute atomic E-state index is 11.1. The van der Waals surface area contributed by atoms with Gasteiger partial charge in [-0.15, -0.1) is 0 Å². The molecule has 0 saturated carbocycles. The van der Waals surface area contributed by atoms with Crippen molar-refractivity contribution in [2.75, 3.05) is 31.7 Å². The van der Waals surface area contributed by atoms with Crippen molar-refractivity contribution in [2.45, 2.75) is 26.7 Å². The van der Waals surface area contributed by atoms with Gasteiger partial charge in [-0.05, 0) is 12.8 Å². The van der Waals surface area contributed by atoms with E-state index in [1.165, 1.54) is 6.33 Å². The molecule has 8 heteroatoms. The third kappa shape index (κ3) is 4.96. The van der Waals surface area contributed by atoms with Gasteiger partial charge in [-0.3, -0.25) is 10.1 Å². The average molecular weight is 284 g/mol. The first-order valence-corrected chi connectivity index (χ1v) is 6.64. The Hall–Kier alpha value is -1.96. The highest BCUT2D eigenvalue weighted by atomic mass is 16.6. The van der Waals surface area contributed by atoms with E-state index in [2.05, 4.69) is 15.3 Å². The molecule has 0 saturated heterocycles. The first-order valence-electron chi connectivity index (χ1n) is 6.64. The second kappa shape index (κ2) is 9.03. The van der Waals surface area contributed by atoms with Gasteiger partial charge in [0, 0.05) is 13.2 Å². The molecule has 1 aromatic heterocycles. The SMILES string of the molecule is CCCNc1ncnc(OCCOCCC)c1[N+](=O)[O-]. The smallest absolute Gasteiger partial charge is 0.372 e. The van der Waals surface area contributed by atoms with Crippen LogP contribution in [0.4, 0.5) is 11.5 Å². The summed E-state index contributed by atoms with van der Waals surface area (Å²) in [5.74, 6) is 0.139. The van der Waals surface area contributed by atoms with Crippen LogP contribution >= 0.6 is 0 Å². The van der Waals surface area contributed by atoms with Gasteiger partial charge in [0.25, 0.3) is 5.88 Å². The maximum Gasteiger partial charge on any atom is 0.372 e. The highest BCUT2D eigenvalue weighted by molar-refractivity contribution is 5.60. The van der Waals surface area contributed by atoms with Crippen molar-refractivity contribution in [1.29, 1.82) is 0 Å². The van der Waals surface area contributed by atoms with Crippen LogP contribution in [0.5, 0.6) is 5.88 Å². The summed E-state index contributed by atoms with van der Waals surface area (Å²) in [5.41, 5.74) is -0.239. The molecule has 0 aromatic carbocycles. The molecule has 20 heavy (non-hydrogen) atoms. The molecular formula is C12H20N4O4. The summed E-state index contributed by atoms with van der Waals surface area (Å²) in [5, 5.41) is 14.0. The van der Waals surface area contributed by atoms with E-state index >= 15 is 0 Å². The van der Waals surface area contributed by atoms with Crippen molar-refractivity contribution in [3.63, 3.8) is 0 Å². The molecule has 0 bridgehead atoms. The van der Waals surface area contributed by atoms with Gasteiger partial charge in [0.05, 0.1) is 11.5 Å². The third-order valence-electron chi connectivity index (χ3n) is 2.33. The fourth-order valence-electron chi connectivity index (χ4n) is 1.45. The van der Waals surface area contributed by atoms with E-state index in [0.717, 1.165) is 12.8 Å². The zero-order chi connectivity index (χ0) is 14.8. The van der Waals surface area contributed by atoms with Crippen LogP contribution in [-0.2, 0) is 4.74 Å². The molecular weight excluding hydrogens is 264 g/mol. The first kappa shape index (κ1) is 16.1. The Balaban J connectivity index is 2.71. The molecule has 0 aliphatic carbocycles. The van der Waals surface area contributed by atoms with E-state index in [0.29, 0.717) is 19.8 Å². The predicted molar refractivity (Wildman–Crippen MR) is 74.1 cm³/mol. The number of nitrogens with zero attached hydrogens (tertiary/aromatic N) is 3. The zero-order valence-corrected chi connectivity index (χ0v) is 11.8. The summed E-state index contributed by atoms with van der Waals surface area (Å²) in [6.07, 6.45) is 2.99. The summed E-state index contributed by atoms with van der Waals surface area (Å²) in [7, 11) is 0. The van der Waals surface area contributed by atoms with Crippen molar-refractivity contribution < 1.29 is 14.4 Å². The summed E-state index contributed by atoms with van der Waals surface area (Å²) in [4.78, 5) is 18.3. The van der Waals surface area contributed by atoms with Crippen LogP contribution in [0.25, 0.3) is 0 Å². The van der Waals surface area contributed by atoms with Crippen LogP contribution in [-0.4, -0.2) is 41.3 Å². The van der Waals surface area contributed by atoms with Crippen LogP contribution < -0.4 is 10.1 Å². The molecule has 112 valence electrons. The van der Waals surface area contributed by atoms with Gasteiger partial charge in [0.15, 0.2) is 0 Å². The van der Waals surface area contributed by atoms with E-state index in [1.807, 2.05) is 13.8 Å². The molecule has 0 unspecified atom stereocenters. The average Bonchev–Trinajstić information content (AvgIpc) is 2.44. The van der Waals surface area contributed by atoms with Crippen LogP contribution in [0.2, 0.25) is 0 Å². The van der Waals surface area contributed by atoms with Crippen LogP contribution in [0, 0.1) is 10.1 Å². The Morgan fingerprint density at radius 1 is 1.25 bits per heavy atom. The summed E-state index contributed by atoms with van der Waals surface area (Å²) in [6, 6.07) is 0. The van der Waals surface area contributed by atoms with Crippen molar-refractivity contribution in [1.82, 2.24) is 9.97 Å². The molecule has 1 aromatic rings. The lowest BCUT2D eigenvalue weighted by Crippen LogP contribution is -2.11. The van der Waals surface area contributed by atoms with E-state index in [4.69, 9.17) is 9.47 Å². The van der Waals surface area contributed by atoms with Crippen molar-refractivity contribution in [3.8, 4) is 5.88 Å². The molecule has 1 rings (SSSR count). The van der Waals surface area contributed by atoms with Crippen LogP contribution in [0.15, 0.2) is 6.33 Å². The Morgan fingerprint density at radius 3 is 2.70 bits per heavy atom. The lowest BCUT2D eigenvalue weighted by molar-refractivity contribution is -0.385. The molecule has 8 nitrogen and oxygen atoms in total. The van der Waals surface area contributed by atoms with Gasteiger partial charge in [-0.2, -0.15) is 4.98 Å². The largest absolute Gasteiger partial charge is 0.470 e. The van der Waals surface area contributed by atoms with Crippen molar-refractivity contribution >= 4 is 11.5 Å². The van der Waals surface area contributed by atoms with Crippen LogP contribution in [0.1, 0.15) is 26.7 Å². The lowest BCUT2D eigenvalue weighted by Gasteiger charge is -2.09. The molecule has 0 aliphatic heterocycles.